The number of aromatic nitrogens is 3. The van der Waals surface area contributed by atoms with E-state index in [-0.39, 0.29) is 31.0 Å². The minimum Gasteiger partial charge on any atom is -0.350 e. The van der Waals surface area contributed by atoms with Crippen molar-refractivity contribution in [2.75, 3.05) is 19.3 Å². The van der Waals surface area contributed by atoms with E-state index in [9.17, 15) is 13.2 Å². The van der Waals surface area contributed by atoms with E-state index < -0.39 is 16.1 Å². The summed E-state index contributed by atoms with van der Waals surface area (Å²) in [4.78, 5) is 22.8. The highest BCUT2D eigenvalue weighted by atomic mass is 35.5. The Morgan fingerprint density at radius 3 is 2.27 bits per heavy atom. The third kappa shape index (κ3) is 6.15. The Kier molecular flexibility index (Phi) is 8.64. The second-order valence-corrected chi connectivity index (χ2v) is 15.0. The summed E-state index contributed by atoms with van der Waals surface area (Å²) in [6, 6.07) is 32.1. The number of halogens is 2. The summed E-state index contributed by atoms with van der Waals surface area (Å²) >= 11 is 12.7. The first kappa shape index (κ1) is 32.2. The maximum Gasteiger partial charge on any atom is 0.268 e. The van der Waals surface area contributed by atoms with Gasteiger partial charge in [0, 0.05) is 51.1 Å². The molecule has 48 heavy (non-hydrogen) atoms. The molecule has 0 bridgehead atoms. The lowest BCUT2D eigenvalue weighted by molar-refractivity contribution is 0.0932. The molecular weight excluding hydrogens is 665 g/mol. The molecule has 3 atom stereocenters. The van der Waals surface area contributed by atoms with E-state index in [0.29, 0.717) is 32.5 Å². The van der Waals surface area contributed by atoms with Gasteiger partial charge >= 0.3 is 0 Å². The quantitative estimate of drug-likeness (QED) is 0.170. The van der Waals surface area contributed by atoms with Gasteiger partial charge in [0.15, 0.2) is 0 Å². The van der Waals surface area contributed by atoms with Crippen molar-refractivity contribution in [3.8, 4) is 22.5 Å². The molecule has 0 spiro atoms. The SMILES string of the molecule is C[C@@H](c1ccc(Cl)cc1)n1cnc(-c2ccccc2)c1-c1c(C(=O)N[C@@H]2CN(S(C)(=O)=O)C[C@H]2c2ccccc2)[nH]c2cc(Cl)ccc12. The Morgan fingerprint density at radius 2 is 1.58 bits per heavy atom. The van der Waals surface area contributed by atoms with Crippen molar-refractivity contribution in [2.24, 2.45) is 0 Å². The molecule has 0 aliphatic carbocycles. The van der Waals surface area contributed by atoms with Crippen LogP contribution in [0.1, 0.15) is 40.5 Å². The number of rotatable bonds is 8. The van der Waals surface area contributed by atoms with E-state index in [1.807, 2.05) is 91.0 Å². The smallest absolute Gasteiger partial charge is 0.268 e. The van der Waals surface area contributed by atoms with Gasteiger partial charge in [-0.05, 0) is 42.3 Å². The highest BCUT2D eigenvalue weighted by Crippen LogP contribution is 2.41. The van der Waals surface area contributed by atoms with E-state index in [2.05, 4.69) is 21.8 Å². The minimum atomic E-state index is -3.49. The van der Waals surface area contributed by atoms with Crippen molar-refractivity contribution in [3.05, 3.63) is 136 Å². The number of hydrogen-bond donors (Lipinski definition) is 2. The maximum absolute atomic E-state index is 14.6. The van der Waals surface area contributed by atoms with Gasteiger partial charge in [0.05, 0.1) is 36.1 Å². The van der Waals surface area contributed by atoms with Gasteiger partial charge in [0.2, 0.25) is 10.0 Å². The minimum absolute atomic E-state index is 0.159. The van der Waals surface area contributed by atoms with E-state index in [4.69, 9.17) is 28.2 Å². The molecule has 2 aromatic heterocycles. The Labute approximate surface area is 289 Å². The summed E-state index contributed by atoms with van der Waals surface area (Å²) in [5.74, 6) is -0.591. The molecule has 0 unspecified atom stereocenters. The van der Waals surface area contributed by atoms with Gasteiger partial charge in [-0.15, -0.1) is 0 Å². The zero-order valence-corrected chi connectivity index (χ0v) is 28.6. The van der Waals surface area contributed by atoms with E-state index >= 15 is 0 Å². The lowest BCUT2D eigenvalue weighted by Crippen LogP contribution is -2.40. The number of aromatic amines is 1. The van der Waals surface area contributed by atoms with Crippen LogP contribution < -0.4 is 5.32 Å². The largest absolute Gasteiger partial charge is 0.350 e. The third-order valence-electron chi connectivity index (χ3n) is 9.13. The molecule has 1 amide bonds. The molecule has 0 saturated carbocycles. The number of carbonyl (C=O) groups excluding carboxylic acids is 1. The number of carbonyl (C=O) groups is 1. The van der Waals surface area contributed by atoms with Crippen LogP contribution in [0.25, 0.3) is 33.4 Å². The number of hydrogen-bond acceptors (Lipinski definition) is 4. The molecule has 244 valence electrons. The van der Waals surface area contributed by atoms with E-state index in [1.165, 1.54) is 10.6 Å². The predicted octanol–water partition coefficient (Wildman–Crippen LogP) is 7.77. The summed E-state index contributed by atoms with van der Waals surface area (Å²) in [5, 5.41) is 5.19. The van der Waals surface area contributed by atoms with Gasteiger partial charge in [-0.3, -0.25) is 4.79 Å². The van der Waals surface area contributed by atoms with Crippen LogP contribution in [0, 0.1) is 0 Å². The molecule has 11 heteroatoms. The van der Waals surface area contributed by atoms with Gasteiger partial charge in [0.25, 0.3) is 5.91 Å². The van der Waals surface area contributed by atoms with Crippen LogP contribution in [0.4, 0.5) is 0 Å². The third-order valence-corrected chi connectivity index (χ3v) is 10.9. The monoisotopic (exact) mass is 697 g/mol. The molecule has 7 rings (SSSR count). The van der Waals surface area contributed by atoms with Crippen molar-refractivity contribution >= 4 is 50.0 Å². The van der Waals surface area contributed by atoms with Crippen LogP contribution in [0.2, 0.25) is 10.0 Å². The van der Waals surface area contributed by atoms with Crippen molar-refractivity contribution < 1.29 is 13.2 Å². The zero-order valence-electron chi connectivity index (χ0n) is 26.3. The Balaban J connectivity index is 1.39. The average Bonchev–Trinajstić information content (AvgIpc) is 3.80. The van der Waals surface area contributed by atoms with E-state index in [1.54, 1.807) is 18.5 Å². The molecule has 3 heterocycles. The normalized spacial score (nSPS) is 17.5. The summed E-state index contributed by atoms with van der Waals surface area (Å²) in [5.41, 5.74) is 6.04. The van der Waals surface area contributed by atoms with Gasteiger partial charge < -0.3 is 14.9 Å². The van der Waals surface area contributed by atoms with E-state index in [0.717, 1.165) is 27.8 Å². The van der Waals surface area contributed by atoms with Crippen molar-refractivity contribution in [3.63, 3.8) is 0 Å². The molecular formula is C37H33Cl2N5O3S. The first-order valence-corrected chi connectivity index (χ1v) is 18.2. The summed E-state index contributed by atoms with van der Waals surface area (Å²) in [6.45, 7) is 2.51. The Bertz CT molecular complexity index is 2220. The molecule has 0 radical (unpaired) electrons. The molecule has 8 nitrogen and oxygen atoms in total. The Morgan fingerprint density at radius 1 is 0.917 bits per heavy atom. The number of sulfonamides is 1. The van der Waals surface area contributed by atoms with Crippen molar-refractivity contribution in [1.82, 2.24) is 24.2 Å². The number of amides is 1. The highest BCUT2D eigenvalue weighted by Gasteiger charge is 2.39. The molecule has 1 aliphatic rings. The van der Waals surface area contributed by atoms with Crippen LogP contribution in [0.5, 0.6) is 0 Å². The van der Waals surface area contributed by atoms with Gasteiger partial charge in [-0.1, -0.05) is 102 Å². The van der Waals surface area contributed by atoms with Crippen LogP contribution in [-0.2, 0) is 10.0 Å². The van der Waals surface area contributed by atoms with Gasteiger partial charge in [0.1, 0.15) is 5.69 Å². The lowest BCUT2D eigenvalue weighted by Gasteiger charge is -2.21. The second-order valence-electron chi connectivity index (χ2n) is 12.2. The fourth-order valence-corrected chi connectivity index (χ4v) is 7.82. The summed E-state index contributed by atoms with van der Waals surface area (Å²) < 4.78 is 28.8. The number of benzene rings is 4. The summed E-state index contributed by atoms with van der Waals surface area (Å²) in [6.07, 6.45) is 3.01. The summed E-state index contributed by atoms with van der Waals surface area (Å²) in [7, 11) is -3.49. The molecule has 1 fully saturated rings. The first-order valence-electron chi connectivity index (χ1n) is 15.6. The molecule has 4 aromatic carbocycles. The molecule has 6 aromatic rings. The van der Waals surface area contributed by atoms with Crippen LogP contribution in [0.3, 0.4) is 0 Å². The maximum atomic E-state index is 14.6. The highest BCUT2D eigenvalue weighted by molar-refractivity contribution is 7.88. The fraction of sp³-hybridized carbons (Fsp3) is 0.189. The number of nitrogens with one attached hydrogen (secondary N) is 2. The van der Waals surface area contributed by atoms with Crippen LogP contribution in [-0.4, -0.2) is 58.6 Å². The number of H-pyrrole nitrogens is 1. The second kappa shape index (κ2) is 12.9. The molecule has 1 aliphatic heterocycles. The number of imidazole rings is 1. The average molecular weight is 699 g/mol. The van der Waals surface area contributed by atoms with Crippen molar-refractivity contribution in [1.29, 1.82) is 0 Å². The molecule has 2 N–H and O–H groups in total. The standard InChI is InChI=1S/C37H33Cl2N5O3S/c1-23(24-13-15-27(38)16-14-24)44-22-40-34(26-11-7-4-8-12-26)36(44)33-29-18-17-28(39)19-31(29)41-35(33)37(45)42-32-21-43(48(2,46)47)20-30(32)25-9-5-3-6-10-25/h3-19,22-23,30,32,41H,20-21H2,1-2H3,(H,42,45)/t23-,30-,32+/m0/s1. The van der Waals surface area contributed by atoms with Crippen molar-refractivity contribution in [2.45, 2.75) is 24.9 Å². The lowest BCUT2D eigenvalue weighted by atomic mass is 9.94. The van der Waals surface area contributed by atoms with Crippen LogP contribution >= 0.6 is 23.2 Å². The zero-order chi connectivity index (χ0) is 33.6. The van der Waals surface area contributed by atoms with Crippen LogP contribution in [0.15, 0.2) is 109 Å². The number of fused-ring (bicyclic) bond motifs is 1. The predicted molar refractivity (Wildman–Crippen MR) is 192 cm³/mol. The van der Waals surface area contributed by atoms with Gasteiger partial charge in [-0.25, -0.2) is 13.4 Å². The van der Waals surface area contributed by atoms with Gasteiger partial charge in [-0.2, -0.15) is 4.31 Å². The first-order chi connectivity index (χ1) is 23.1. The number of nitrogens with zero attached hydrogens (tertiary/aromatic N) is 3. The Hall–Kier alpha value is -4.41. The fourth-order valence-electron chi connectivity index (χ4n) is 6.66. The molecule has 1 saturated heterocycles. The topological polar surface area (TPSA) is 100 Å².